The van der Waals surface area contributed by atoms with Crippen LogP contribution in [0.3, 0.4) is 0 Å². The first-order valence-corrected chi connectivity index (χ1v) is 13.2. The maximum absolute atomic E-state index is 13.9. The highest BCUT2D eigenvalue weighted by Gasteiger charge is 2.36. The third-order valence-electron chi connectivity index (χ3n) is 7.03. The van der Waals surface area contributed by atoms with Gasteiger partial charge in [-0.25, -0.2) is 9.97 Å². The molecule has 3 heterocycles. The van der Waals surface area contributed by atoms with Crippen molar-refractivity contribution in [2.24, 2.45) is 5.92 Å². The number of aromatic nitrogens is 2. The molecule has 10 heteroatoms. The first-order chi connectivity index (χ1) is 17.8. The number of hydrogen-bond donors (Lipinski definition) is 2. The Kier molecular flexibility index (Phi) is 7.28. The Bertz CT molecular complexity index is 1280. The number of anilines is 2. The van der Waals surface area contributed by atoms with Gasteiger partial charge < -0.3 is 14.7 Å². The van der Waals surface area contributed by atoms with Crippen LogP contribution in [0, 0.1) is 5.92 Å². The van der Waals surface area contributed by atoms with Crippen molar-refractivity contribution in [2.75, 3.05) is 22.7 Å². The van der Waals surface area contributed by atoms with Crippen LogP contribution in [0.25, 0.3) is 11.3 Å². The van der Waals surface area contributed by atoms with Crippen molar-refractivity contribution in [3.8, 4) is 11.3 Å². The van der Waals surface area contributed by atoms with E-state index < -0.39 is 23.6 Å². The SMILES string of the molecule is O=C(O)[C@H]1CCCN(c2cccc(SNc3ccc(C(F)(F)F)c(-c4ccccc4C4CCC4)n3)n2)C1. The minimum atomic E-state index is -4.53. The van der Waals surface area contributed by atoms with Crippen LogP contribution in [0.15, 0.2) is 59.6 Å². The van der Waals surface area contributed by atoms with Crippen molar-refractivity contribution in [2.45, 2.75) is 49.2 Å². The van der Waals surface area contributed by atoms with Crippen LogP contribution in [0.4, 0.5) is 24.8 Å². The average molecular weight is 529 g/mol. The number of nitrogens with one attached hydrogen (secondary N) is 1. The monoisotopic (exact) mass is 528 g/mol. The van der Waals surface area contributed by atoms with E-state index in [1.165, 1.54) is 6.07 Å². The number of carboxylic acids is 1. The Balaban J connectivity index is 1.38. The van der Waals surface area contributed by atoms with E-state index in [0.717, 1.165) is 55.8 Å². The van der Waals surface area contributed by atoms with Gasteiger partial charge in [0.05, 0.1) is 17.2 Å². The number of alkyl halides is 3. The van der Waals surface area contributed by atoms with Crippen molar-refractivity contribution in [1.29, 1.82) is 0 Å². The van der Waals surface area contributed by atoms with Gasteiger partial charge >= 0.3 is 12.1 Å². The molecule has 1 aliphatic heterocycles. The maximum Gasteiger partial charge on any atom is 0.418 e. The molecule has 2 aromatic heterocycles. The normalized spacial score (nSPS) is 18.4. The van der Waals surface area contributed by atoms with Gasteiger partial charge in [-0.15, -0.1) is 0 Å². The Morgan fingerprint density at radius 2 is 1.81 bits per heavy atom. The molecule has 1 atom stereocenters. The molecular weight excluding hydrogens is 501 g/mol. The molecule has 6 nitrogen and oxygen atoms in total. The fraction of sp³-hybridized carbons (Fsp3) is 0.370. The molecule has 2 N–H and O–H groups in total. The van der Waals surface area contributed by atoms with Crippen molar-refractivity contribution in [3.63, 3.8) is 0 Å². The zero-order valence-corrected chi connectivity index (χ0v) is 20.9. The quantitative estimate of drug-likeness (QED) is 0.325. The average Bonchev–Trinajstić information content (AvgIpc) is 2.86. The predicted molar refractivity (Wildman–Crippen MR) is 138 cm³/mol. The molecule has 2 aliphatic rings. The second-order valence-corrected chi connectivity index (χ2v) is 10.3. The van der Waals surface area contributed by atoms with E-state index in [4.69, 9.17) is 0 Å². The number of aliphatic carboxylic acids is 1. The van der Waals surface area contributed by atoms with Gasteiger partial charge in [0.2, 0.25) is 0 Å². The van der Waals surface area contributed by atoms with Crippen LogP contribution in [0.1, 0.15) is 49.1 Å². The molecule has 1 saturated heterocycles. The molecular formula is C27H27F3N4O2S. The van der Waals surface area contributed by atoms with Crippen molar-refractivity contribution < 1.29 is 23.1 Å². The summed E-state index contributed by atoms with van der Waals surface area (Å²) in [5.74, 6) is -0.00387. The third-order valence-corrected chi connectivity index (χ3v) is 7.77. The van der Waals surface area contributed by atoms with Crippen LogP contribution < -0.4 is 9.62 Å². The summed E-state index contributed by atoms with van der Waals surface area (Å²) in [6.07, 6.45) is -0.0879. The van der Waals surface area contributed by atoms with Crippen molar-refractivity contribution in [3.05, 3.63) is 65.7 Å². The summed E-state index contributed by atoms with van der Waals surface area (Å²) in [5, 5.41) is 9.97. The van der Waals surface area contributed by atoms with E-state index in [9.17, 15) is 23.1 Å². The van der Waals surface area contributed by atoms with Crippen LogP contribution >= 0.6 is 11.9 Å². The van der Waals surface area contributed by atoms with Crippen molar-refractivity contribution in [1.82, 2.24) is 9.97 Å². The van der Waals surface area contributed by atoms with E-state index in [1.54, 1.807) is 18.2 Å². The smallest absolute Gasteiger partial charge is 0.418 e. The van der Waals surface area contributed by atoms with Crippen LogP contribution in [0.2, 0.25) is 0 Å². The molecule has 1 aromatic carbocycles. The lowest BCUT2D eigenvalue weighted by Gasteiger charge is -2.31. The highest BCUT2D eigenvalue weighted by atomic mass is 32.2. The van der Waals surface area contributed by atoms with Gasteiger partial charge in [-0.2, -0.15) is 13.2 Å². The number of pyridine rings is 2. The number of carbonyl (C=O) groups is 1. The summed E-state index contributed by atoms with van der Waals surface area (Å²) < 4.78 is 44.8. The molecule has 0 radical (unpaired) electrons. The minimum Gasteiger partial charge on any atom is -0.481 e. The minimum absolute atomic E-state index is 0.0738. The second-order valence-electron chi connectivity index (χ2n) is 9.47. The molecule has 1 aliphatic carbocycles. The number of piperidine rings is 1. The first-order valence-electron chi connectivity index (χ1n) is 12.3. The molecule has 0 spiro atoms. The lowest BCUT2D eigenvalue weighted by molar-refractivity contribution is -0.142. The summed E-state index contributed by atoms with van der Waals surface area (Å²) in [6.45, 7) is 1.12. The molecule has 0 unspecified atom stereocenters. The zero-order chi connectivity index (χ0) is 26.0. The van der Waals surface area contributed by atoms with Gasteiger partial charge in [-0.1, -0.05) is 36.8 Å². The van der Waals surface area contributed by atoms with Gasteiger partial charge in [0.15, 0.2) is 0 Å². The number of carboxylic acid groups (broad SMARTS) is 1. The number of hydrogen-bond acceptors (Lipinski definition) is 6. The summed E-state index contributed by atoms with van der Waals surface area (Å²) >= 11 is 1.15. The zero-order valence-electron chi connectivity index (χ0n) is 20.0. The van der Waals surface area contributed by atoms with E-state index in [0.29, 0.717) is 35.2 Å². The Morgan fingerprint density at radius 1 is 1.00 bits per heavy atom. The molecule has 1 saturated carbocycles. The van der Waals surface area contributed by atoms with E-state index in [2.05, 4.69) is 14.7 Å². The van der Waals surface area contributed by atoms with Crippen LogP contribution in [-0.2, 0) is 11.0 Å². The Hall–Kier alpha value is -3.27. The van der Waals surface area contributed by atoms with Gasteiger partial charge in [-0.05, 0) is 61.4 Å². The van der Waals surface area contributed by atoms with Gasteiger partial charge in [-0.3, -0.25) is 4.79 Å². The summed E-state index contributed by atoms with van der Waals surface area (Å²) in [5.41, 5.74) is 0.599. The third kappa shape index (κ3) is 5.69. The highest BCUT2D eigenvalue weighted by Crippen LogP contribution is 2.44. The number of nitrogens with zero attached hydrogens (tertiary/aromatic N) is 3. The molecule has 3 aromatic rings. The summed E-state index contributed by atoms with van der Waals surface area (Å²) in [6, 6.07) is 15.1. The predicted octanol–water partition coefficient (Wildman–Crippen LogP) is 6.85. The summed E-state index contributed by atoms with van der Waals surface area (Å²) in [7, 11) is 0. The molecule has 2 fully saturated rings. The standard InChI is InChI=1S/C27H27F3N4O2S/c28-27(29,30)21-13-14-22(31-25(21)20-10-2-1-9-19(20)17-6-3-7-17)33-37-24-12-4-11-23(32-24)34-15-5-8-18(16-34)26(35)36/h1-2,4,9-14,17-18H,3,5-8,15-16H2,(H,31,33)(H,35,36)/t18-/m0/s1. The largest absolute Gasteiger partial charge is 0.481 e. The van der Waals surface area contributed by atoms with Crippen LogP contribution in [0.5, 0.6) is 0 Å². The second kappa shape index (κ2) is 10.6. The lowest BCUT2D eigenvalue weighted by atomic mass is 9.77. The van der Waals surface area contributed by atoms with Crippen molar-refractivity contribution >= 4 is 29.6 Å². The fourth-order valence-electron chi connectivity index (χ4n) is 4.87. The molecule has 0 bridgehead atoms. The van der Waals surface area contributed by atoms with E-state index in [1.807, 2.05) is 29.2 Å². The maximum atomic E-state index is 13.9. The van der Waals surface area contributed by atoms with E-state index in [-0.39, 0.29) is 11.6 Å². The van der Waals surface area contributed by atoms with Gasteiger partial charge in [0.1, 0.15) is 16.7 Å². The number of halogens is 3. The first kappa shape index (κ1) is 25.4. The molecule has 5 rings (SSSR count). The Morgan fingerprint density at radius 3 is 2.54 bits per heavy atom. The molecule has 194 valence electrons. The van der Waals surface area contributed by atoms with Gasteiger partial charge in [0, 0.05) is 30.6 Å². The van der Waals surface area contributed by atoms with E-state index >= 15 is 0 Å². The topological polar surface area (TPSA) is 78.4 Å². The number of rotatable bonds is 7. The Labute approximate surface area is 217 Å². The number of benzene rings is 1. The van der Waals surface area contributed by atoms with Crippen LogP contribution in [-0.4, -0.2) is 34.1 Å². The summed E-state index contributed by atoms with van der Waals surface area (Å²) in [4.78, 5) is 22.4. The fourth-order valence-corrected chi connectivity index (χ4v) is 5.47. The molecule has 37 heavy (non-hydrogen) atoms. The highest BCUT2D eigenvalue weighted by molar-refractivity contribution is 8.00. The molecule has 0 amide bonds. The van der Waals surface area contributed by atoms with Gasteiger partial charge in [0.25, 0.3) is 0 Å². The lowest BCUT2D eigenvalue weighted by Crippen LogP contribution is -2.39.